The lowest BCUT2D eigenvalue weighted by atomic mass is 9.83. The number of ether oxygens (including phenoxy) is 5. The molecule has 8 atom stereocenters. The Labute approximate surface area is 265 Å². The number of nitrogens with two attached hydrogens (primary N) is 1. The molecule has 17 nitrogen and oxygen atoms in total. The molecule has 17 heteroatoms. The monoisotopic (exact) mass is 653 g/mol. The van der Waals surface area contributed by atoms with Gasteiger partial charge in [0.15, 0.2) is 12.2 Å². The zero-order chi connectivity index (χ0) is 34.0. The number of hydrogen-bond donors (Lipinski definition) is 8. The summed E-state index contributed by atoms with van der Waals surface area (Å²) in [6.07, 6.45) is -0.465. The van der Waals surface area contributed by atoms with Gasteiger partial charge in [0.1, 0.15) is 24.4 Å². The van der Waals surface area contributed by atoms with E-state index in [0.717, 1.165) is 6.26 Å². The van der Waals surface area contributed by atoms with Crippen LogP contribution in [0.1, 0.15) is 0 Å². The van der Waals surface area contributed by atoms with Crippen LogP contribution in [0.25, 0.3) is 0 Å². The molecule has 0 radical (unpaired) electrons. The average molecular weight is 654 g/mol. The van der Waals surface area contributed by atoms with Crippen molar-refractivity contribution in [1.29, 1.82) is 0 Å². The SMILES string of the molecule is C=C[C@H]1[C@H](O[C@@H]2O[C@H](CO)[C@@H](O)[C@H](O)[C@H]2OCNC)OC=C(C(=O)OC)[C@H]1/C=C/C1=CN(CCO)CC(C(=O)O)=C1NC(N)=NC. The van der Waals surface area contributed by atoms with Crippen LogP contribution in [-0.2, 0) is 33.3 Å². The second-order valence-electron chi connectivity index (χ2n) is 10.4. The van der Waals surface area contributed by atoms with Gasteiger partial charge in [-0.2, -0.15) is 0 Å². The molecule has 3 heterocycles. The minimum atomic E-state index is -1.49. The molecule has 1 saturated heterocycles. The van der Waals surface area contributed by atoms with Crippen molar-refractivity contribution in [3.05, 3.63) is 59.7 Å². The maximum absolute atomic E-state index is 12.8. The number of methoxy groups -OCH3 is 1. The number of hydrogen-bond acceptors (Lipinski definition) is 14. The Hall–Kier alpha value is -3.81. The Balaban J connectivity index is 2.03. The lowest BCUT2D eigenvalue weighted by molar-refractivity contribution is -0.345. The van der Waals surface area contributed by atoms with Gasteiger partial charge in [-0.1, -0.05) is 18.2 Å². The average Bonchev–Trinajstić information content (AvgIpc) is 3.05. The van der Waals surface area contributed by atoms with Gasteiger partial charge in [-0.25, -0.2) is 9.59 Å². The van der Waals surface area contributed by atoms with Crippen LogP contribution in [0.4, 0.5) is 0 Å². The fourth-order valence-corrected chi connectivity index (χ4v) is 5.13. The third-order valence-corrected chi connectivity index (χ3v) is 7.52. The number of aliphatic carboxylic acids is 1. The number of carbonyl (C=O) groups is 2. The molecular formula is C29H43N5O12. The number of aliphatic hydroxyl groups is 4. The maximum Gasteiger partial charge on any atom is 0.337 e. The second kappa shape index (κ2) is 17.2. The summed E-state index contributed by atoms with van der Waals surface area (Å²) >= 11 is 0. The van der Waals surface area contributed by atoms with Gasteiger partial charge in [0.05, 0.1) is 62.6 Å². The first-order valence-electron chi connectivity index (χ1n) is 14.4. The standard InChI is InChI=1S/C29H43N5O12/c1-5-16-17(7-6-15-10-34(8-9-35)11-18(25(39)40)21(15)33-29(30)32-3)19(26(41)42-4)13-43-27(16)46-28-24(44-14-31-2)23(38)22(37)20(12-36)45-28/h5-7,10,13,16-17,20,22-24,27-28,31,35-38H,1,8-9,11-12,14H2,2-4H3,(H,39,40)(H3,30,32,33)/b7-6+/t16-,17+,20-,22-,23+,24-,27+,28+/m1/s1. The summed E-state index contributed by atoms with van der Waals surface area (Å²) in [4.78, 5) is 30.5. The lowest BCUT2D eigenvalue weighted by Gasteiger charge is -2.44. The Morgan fingerprint density at radius 3 is 2.59 bits per heavy atom. The summed E-state index contributed by atoms with van der Waals surface area (Å²) < 4.78 is 28.2. The van der Waals surface area contributed by atoms with Crippen molar-refractivity contribution in [3.8, 4) is 0 Å². The van der Waals surface area contributed by atoms with Crippen LogP contribution in [0, 0.1) is 11.8 Å². The fourth-order valence-electron chi connectivity index (χ4n) is 5.13. The van der Waals surface area contributed by atoms with Crippen LogP contribution >= 0.6 is 0 Å². The predicted molar refractivity (Wildman–Crippen MR) is 161 cm³/mol. The number of carbonyl (C=O) groups excluding carboxylic acids is 1. The van der Waals surface area contributed by atoms with Crippen LogP contribution in [0.15, 0.2) is 64.7 Å². The van der Waals surface area contributed by atoms with Gasteiger partial charge in [-0.15, -0.1) is 6.58 Å². The summed E-state index contributed by atoms with van der Waals surface area (Å²) in [5.74, 6) is -3.61. The largest absolute Gasteiger partial charge is 0.478 e. The van der Waals surface area contributed by atoms with Crippen LogP contribution in [0.3, 0.4) is 0 Å². The summed E-state index contributed by atoms with van der Waals surface area (Å²) in [5, 5.41) is 55.9. The van der Waals surface area contributed by atoms with Crippen LogP contribution < -0.4 is 16.4 Å². The van der Waals surface area contributed by atoms with Crippen molar-refractivity contribution in [3.63, 3.8) is 0 Å². The molecule has 3 aliphatic heterocycles. The Kier molecular flexibility index (Phi) is 13.7. The number of nitrogens with one attached hydrogen (secondary N) is 2. The first-order valence-corrected chi connectivity index (χ1v) is 14.4. The number of rotatable bonds is 14. The molecule has 3 rings (SSSR count). The highest BCUT2D eigenvalue weighted by Crippen LogP contribution is 2.37. The van der Waals surface area contributed by atoms with Crippen molar-refractivity contribution >= 4 is 17.9 Å². The van der Waals surface area contributed by atoms with Crippen LogP contribution in [0.5, 0.6) is 0 Å². The lowest BCUT2D eigenvalue weighted by Crippen LogP contribution is -2.61. The number of esters is 1. The van der Waals surface area contributed by atoms with Gasteiger partial charge >= 0.3 is 11.9 Å². The van der Waals surface area contributed by atoms with Gasteiger partial charge < -0.3 is 65.2 Å². The topological polar surface area (TPSA) is 247 Å². The van der Waals surface area contributed by atoms with Crippen molar-refractivity contribution in [2.45, 2.75) is 37.0 Å². The molecule has 0 saturated carbocycles. The van der Waals surface area contributed by atoms with E-state index < -0.39 is 67.4 Å². The van der Waals surface area contributed by atoms with Gasteiger partial charge in [0, 0.05) is 31.3 Å². The summed E-state index contributed by atoms with van der Waals surface area (Å²) in [6.45, 7) is 3.11. The highest BCUT2D eigenvalue weighted by Gasteiger charge is 2.48. The number of β-amino-alcohol motifs (C(OH)–C–C–N with tert-alkyl or cyclic N) is 1. The number of nitrogens with zero attached hydrogens (tertiary/aromatic N) is 2. The zero-order valence-electron chi connectivity index (χ0n) is 25.8. The molecule has 0 aliphatic carbocycles. The quantitative estimate of drug-likeness (QED) is 0.0316. The normalized spacial score (nSPS) is 30.4. The highest BCUT2D eigenvalue weighted by atomic mass is 16.8. The molecule has 46 heavy (non-hydrogen) atoms. The molecule has 1 fully saturated rings. The molecule has 9 N–H and O–H groups in total. The molecule has 0 unspecified atom stereocenters. The predicted octanol–water partition coefficient (Wildman–Crippen LogP) is -2.54. The molecular weight excluding hydrogens is 610 g/mol. The summed E-state index contributed by atoms with van der Waals surface area (Å²) in [6, 6.07) is 0. The van der Waals surface area contributed by atoms with E-state index >= 15 is 0 Å². The smallest absolute Gasteiger partial charge is 0.337 e. The van der Waals surface area contributed by atoms with Gasteiger partial charge in [0.2, 0.25) is 6.29 Å². The van der Waals surface area contributed by atoms with E-state index in [0.29, 0.717) is 5.57 Å². The molecule has 0 aromatic rings. The number of guanidine groups is 1. The molecule has 0 bridgehead atoms. The Morgan fingerprint density at radius 1 is 1.26 bits per heavy atom. The van der Waals surface area contributed by atoms with Crippen LogP contribution in [-0.4, -0.2) is 140 Å². The third-order valence-electron chi connectivity index (χ3n) is 7.52. The maximum atomic E-state index is 12.8. The molecule has 0 spiro atoms. The number of carboxylic acid groups (broad SMARTS) is 1. The zero-order valence-corrected chi connectivity index (χ0v) is 25.8. The summed E-state index contributed by atoms with van der Waals surface area (Å²) in [7, 11) is 4.24. The molecule has 0 aromatic carbocycles. The van der Waals surface area contributed by atoms with Gasteiger partial charge in [-0.3, -0.25) is 10.3 Å². The Morgan fingerprint density at radius 2 is 2.00 bits per heavy atom. The van der Waals surface area contributed by atoms with Crippen molar-refractivity contribution in [1.82, 2.24) is 15.5 Å². The first kappa shape index (κ1) is 36.7. The highest BCUT2D eigenvalue weighted by molar-refractivity contribution is 5.92. The number of allylic oxidation sites excluding steroid dienone is 2. The van der Waals surface area contributed by atoms with E-state index in [1.54, 1.807) is 30.3 Å². The molecule has 256 valence electrons. The third kappa shape index (κ3) is 8.51. The van der Waals surface area contributed by atoms with E-state index in [-0.39, 0.29) is 49.2 Å². The minimum Gasteiger partial charge on any atom is -0.478 e. The summed E-state index contributed by atoms with van der Waals surface area (Å²) in [5.41, 5.74) is 6.42. The molecule has 0 aromatic heterocycles. The fraction of sp³-hybridized carbons (Fsp3) is 0.552. The molecule has 3 aliphatic rings. The van der Waals surface area contributed by atoms with Crippen molar-refractivity contribution in [2.75, 3.05) is 54.2 Å². The van der Waals surface area contributed by atoms with E-state index in [9.17, 15) is 35.1 Å². The Bertz CT molecular complexity index is 1250. The number of aliphatic imine (C=N–C) groups is 1. The number of carboxylic acids is 1. The first-order chi connectivity index (χ1) is 22.0. The van der Waals surface area contributed by atoms with E-state index in [2.05, 4.69) is 22.2 Å². The minimum absolute atomic E-state index is 0.0318. The number of aliphatic hydroxyl groups excluding tert-OH is 4. The van der Waals surface area contributed by atoms with Gasteiger partial charge in [0.25, 0.3) is 0 Å². The van der Waals surface area contributed by atoms with Crippen LogP contribution in [0.2, 0.25) is 0 Å². The molecule has 0 amide bonds. The van der Waals surface area contributed by atoms with Crippen molar-refractivity contribution in [2.24, 2.45) is 22.6 Å². The van der Waals surface area contributed by atoms with Crippen molar-refractivity contribution < 1.29 is 58.8 Å². The van der Waals surface area contributed by atoms with E-state index in [1.165, 1.54) is 20.2 Å². The van der Waals surface area contributed by atoms with Gasteiger partial charge in [-0.05, 0) is 7.05 Å². The van der Waals surface area contributed by atoms with E-state index in [1.807, 2.05) is 0 Å². The van der Waals surface area contributed by atoms with E-state index in [4.69, 9.17) is 29.4 Å². The second-order valence-corrected chi connectivity index (χ2v) is 10.4.